The first-order valence-corrected chi connectivity index (χ1v) is 8.55. The molecule has 2 rings (SSSR count). The van der Waals surface area contributed by atoms with Crippen LogP contribution in [-0.4, -0.2) is 0 Å². The molecule has 0 aliphatic carbocycles. The predicted molar refractivity (Wildman–Crippen MR) is 95.1 cm³/mol. The van der Waals surface area contributed by atoms with Gasteiger partial charge in [0.05, 0.1) is 0 Å². The Morgan fingerprint density at radius 3 is 2.05 bits per heavy atom. The highest BCUT2D eigenvalue weighted by molar-refractivity contribution is 5.62. The molecule has 0 aliphatic rings. The minimum absolute atomic E-state index is 0.301. The minimum atomic E-state index is 0.301. The average molecular weight is 296 g/mol. The molecule has 0 fully saturated rings. The lowest BCUT2D eigenvalue weighted by atomic mass is 9.72. The van der Waals surface area contributed by atoms with E-state index in [-0.39, 0.29) is 0 Å². The van der Waals surface area contributed by atoms with Crippen molar-refractivity contribution in [2.75, 3.05) is 0 Å². The second-order valence-corrected chi connectivity index (χ2v) is 6.52. The molecule has 1 heteroatoms. The SMILES string of the molecule is CCC(CC)(CC)c1cc(-c2ccccc2C)[n+](C)cc1C. The second-order valence-electron chi connectivity index (χ2n) is 6.52. The third-order valence-corrected chi connectivity index (χ3v) is 5.50. The maximum absolute atomic E-state index is 2.44. The van der Waals surface area contributed by atoms with E-state index in [1.54, 1.807) is 0 Å². The number of pyridine rings is 1. The van der Waals surface area contributed by atoms with Crippen molar-refractivity contribution in [2.45, 2.75) is 59.3 Å². The summed E-state index contributed by atoms with van der Waals surface area (Å²) in [4.78, 5) is 0. The van der Waals surface area contributed by atoms with Gasteiger partial charge in [0.25, 0.3) is 0 Å². The van der Waals surface area contributed by atoms with Crippen molar-refractivity contribution >= 4 is 0 Å². The van der Waals surface area contributed by atoms with Crippen LogP contribution in [0.3, 0.4) is 0 Å². The van der Waals surface area contributed by atoms with E-state index in [0.717, 1.165) is 0 Å². The van der Waals surface area contributed by atoms with Gasteiger partial charge in [-0.25, -0.2) is 4.57 Å². The van der Waals surface area contributed by atoms with Crippen molar-refractivity contribution in [3.63, 3.8) is 0 Å². The third kappa shape index (κ3) is 2.82. The van der Waals surface area contributed by atoms with Crippen molar-refractivity contribution < 1.29 is 4.57 Å². The van der Waals surface area contributed by atoms with E-state index in [2.05, 4.69) is 82.8 Å². The van der Waals surface area contributed by atoms with E-state index >= 15 is 0 Å². The molecule has 22 heavy (non-hydrogen) atoms. The molecule has 1 aromatic heterocycles. The summed E-state index contributed by atoms with van der Waals surface area (Å²) in [6.45, 7) is 11.4. The van der Waals surface area contributed by atoms with E-state index in [1.165, 1.54) is 47.2 Å². The first-order valence-electron chi connectivity index (χ1n) is 8.55. The molecule has 0 amide bonds. The number of benzene rings is 1. The van der Waals surface area contributed by atoms with E-state index in [0.29, 0.717) is 5.41 Å². The molecule has 1 heterocycles. The summed E-state index contributed by atoms with van der Waals surface area (Å²) >= 11 is 0. The molecule has 0 atom stereocenters. The first kappa shape index (κ1) is 16.7. The Balaban J connectivity index is 2.69. The maximum atomic E-state index is 2.44. The molecule has 0 spiro atoms. The number of nitrogens with zero attached hydrogens (tertiary/aromatic N) is 1. The van der Waals surface area contributed by atoms with E-state index in [1.807, 2.05) is 0 Å². The highest BCUT2D eigenvalue weighted by Crippen LogP contribution is 2.38. The summed E-state index contributed by atoms with van der Waals surface area (Å²) in [5, 5.41) is 0. The monoisotopic (exact) mass is 296 g/mol. The van der Waals surface area contributed by atoms with Gasteiger partial charge in [-0.1, -0.05) is 39.0 Å². The van der Waals surface area contributed by atoms with Gasteiger partial charge in [0.1, 0.15) is 7.05 Å². The van der Waals surface area contributed by atoms with E-state index in [4.69, 9.17) is 0 Å². The van der Waals surface area contributed by atoms with Crippen LogP contribution in [0.4, 0.5) is 0 Å². The van der Waals surface area contributed by atoms with Gasteiger partial charge < -0.3 is 0 Å². The minimum Gasteiger partial charge on any atom is -0.201 e. The van der Waals surface area contributed by atoms with Crippen LogP contribution >= 0.6 is 0 Å². The van der Waals surface area contributed by atoms with Crippen LogP contribution in [-0.2, 0) is 12.5 Å². The Morgan fingerprint density at radius 2 is 1.50 bits per heavy atom. The number of hydrogen-bond donors (Lipinski definition) is 0. The Hall–Kier alpha value is -1.63. The van der Waals surface area contributed by atoms with Crippen LogP contribution in [0.2, 0.25) is 0 Å². The molecule has 0 saturated heterocycles. The zero-order valence-electron chi connectivity index (χ0n) is 15.0. The fourth-order valence-corrected chi connectivity index (χ4v) is 3.80. The Morgan fingerprint density at radius 1 is 0.909 bits per heavy atom. The lowest BCUT2D eigenvalue weighted by Gasteiger charge is -2.32. The summed E-state index contributed by atoms with van der Waals surface area (Å²) in [6.07, 6.45) is 5.89. The highest BCUT2D eigenvalue weighted by Gasteiger charge is 2.30. The fourth-order valence-electron chi connectivity index (χ4n) is 3.80. The first-order chi connectivity index (χ1) is 10.5. The molecule has 0 unspecified atom stereocenters. The van der Waals surface area contributed by atoms with Gasteiger partial charge in [0, 0.05) is 17.2 Å². The topological polar surface area (TPSA) is 3.88 Å². The van der Waals surface area contributed by atoms with Crippen LogP contribution in [0, 0.1) is 13.8 Å². The lowest BCUT2D eigenvalue weighted by Crippen LogP contribution is -2.34. The Labute approximate surface area is 136 Å². The summed E-state index contributed by atoms with van der Waals surface area (Å²) < 4.78 is 2.27. The molecule has 0 N–H and O–H groups in total. The number of rotatable bonds is 5. The van der Waals surface area contributed by atoms with Gasteiger partial charge in [-0.05, 0) is 55.7 Å². The normalized spacial score (nSPS) is 11.7. The molecule has 2 aromatic rings. The van der Waals surface area contributed by atoms with Crippen molar-refractivity contribution in [1.29, 1.82) is 0 Å². The zero-order valence-corrected chi connectivity index (χ0v) is 15.0. The molecule has 118 valence electrons. The van der Waals surface area contributed by atoms with Crippen molar-refractivity contribution in [2.24, 2.45) is 7.05 Å². The molecule has 0 bridgehead atoms. The van der Waals surface area contributed by atoms with Gasteiger partial charge in [-0.2, -0.15) is 0 Å². The standard InChI is InChI=1S/C21H30N/c1-7-21(8-2,9-3)19-14-20(22(6)15-17(19)5)18-13-11-10-12-16(18)4/h10-15H,7-9H2,1-6H3/q+1. The predicted octanol–water partition coefficient (Wildman–Crippen LogP) is 5.26. The van der Waals surface area contributed by atoms with E-state index in [9.17, 15) is 0 Å². The van der Waals surface area contributed by atoms with Crippen LogP contribution in [0.15, 0.2) is 36.5 Å². The Kier molecular flexibility index (Phi) is 5.05. The van der Waals surface area contributed by atoms with Crippen LogP contribution in [0.1, 0.15) is 56.7 Å². The molecule has 1 aromatic carbocycles. The number of aromatic nitrogens is 1. The summed E-state index contributed by atoms with van der Waals surface area (Å²) in [5.41, 5.74) is 7.22. The lowest BCUT2D eigenvalue weighted by molar-refractivity contribution is -0.660. The third-order valence-electron chi connectivity index (χ3n) is 5.50. The van der Waals surface area contributed by atoms with Crippen LogP contribution in [0.25, 0.3) is 11.3 Å². The molecule has 0 saturated carbocycles. The van der Waals surface area contributed by atoms with Gasteiger partial charge in [-0.15, -0.1) is 0 Å². The number of hydrogen-bond acceptors (Lipinski definition) is 0. The maximum Gasteiger partial charge on any atom is 0.212 e. The molecule has 1 nitrogen and oxygen atoms in total. The van der Waals surface area contributed by atoms with E-state index < -0.39 is 0 Å². The average Bonchev–Trinajstić information content (AvgIpc) is 2.52. The van der Waals surface area contributed by atoms with Crippen LogP contribution < -0.4 is 4.57 Å². The van der Waals surface area contributed by atoms with Gasteiger partial charge in [0.15, 0.2) is 6.20 Å². The van der Waals surface area contributed by atoms with Gasteiger partial charge >= 0.3 is 0 Å². The quantitative estimate of drug-likeness (QED) is 0.662. The number of aryl methyl sites for hydroxylation is 3. The van der Waals surface area contributed by atoms with Crippen molar-refractivity contribution in [1.82, 2.24) is 0 Å². The Bertz CT molecular complexity index is 643. The fraction of sp³-hybridized carbons (Fsp3) is 0.476. The smallest absolute Gasteiger partial charge is 0.201 e. The molecular formula is C21H30N+. The molecular weight excluding hydrogens is 266 g/mol. The van der Waals surface area contributed by atoms with Crippen molar-refractivity contribution in [3.05, 3.63) is 53.2 Å². The molecule has 0 radical (unpaired) electrons. The van der Waals surface area contributed by atoms with Gasteiger partial charge in [0.2, 0.25) is 5.69 Å². The summed E-state index contributed by atoms with van der Waals surface area (Å²) in [7, 11) is 2.16. The van der Waals surface area contributed by atoms with Crippen molar-refractivity contribution in [3.8, 4) is 11.3 Å². The second kappa shape index (κ2) is 6.64. The zero-order chi connectivity index (χ0) is 16.3. The van der Waals surface area contributed by atoms with Crippen LogP contribution in [0.5, 0.6) is 0 Å². The summed E-state index contributed by atoms with van der Waals surface area (Å²) in [6, 6.07) is 11.1. The highest BCUT2D eigenvalue weighted by atomic mass is 14.9. The largest absolute Gasteiger partial charge is 0.212 e. The summed E-state index contributed by atoms with van der Waals surface area (Å²) in [5.74, 6) is 0. The van der Waals surface area contributed by atoms with Gasteiger partial charge in [-0.3, -0.25) is 0 Å². The molecule has 0 aliphatic heterocycles.